The van der Waals surface area contributed by atoms with Gasteiger partial charge in [0.15, 0.2) is 23.2 Å². The van der Waals surface area contributed by atoms with Crippen LogP contribution in [0.3, 0.4) is 0 Å². The van der Waals surface area contributed by atoms with Crippen LogP contribution >= 0.6 is 11.6 Å². The fraction of sp³-hybridized carbons (Fsp3) is 0.304. The molecule has 3 aromatic rings. The van der Waals surface area contributed by atoms with Crippen LogP contribution in [0.5, 0.6) is 17.2 Å². The number of carbonyl (C=O) groups excluding carboxylic acids is 1. The van der Waals surface area contributed by atoms with Crippen molar-refractivity contribution in [2.45, 2.75) is 24.7 Å². The summed E-state index contributed by atoms with van der Waals surface area (Å²) in [7, 11) is 4.37. The molecule has 2 heterocycles. The molecule has 2 N–H and O–H groups in total. The minimum Gasteiger partial charge on any atom is -0.495 e. The third-order valence-corrected chi connectivity index (χ3v) is 5.94. The second-order valence-electron chi connectivity index (χ2n) is 7.77. The van der Waals surface area contributed by atoms with Gasteiger partial charge in [-0.2, -0.15) is 18.3 Å². The molecule has 12 heteroatoms. The largest absolute Gasteiger partial charge is 0.495 e. The van der Waals surface area contributed by atoms with Gasteiger partial charge in [0.05, 0.1) is 32.4 Å². The number of anilines is 2. The number of ether oxygens (including phenoxy) is 3. The van der Waals surface area contributed by atoms with Gasteiger partial charge >= 0.3 is 6.18 Å². The van der Waals surface area contributed by atoms with Crippen molar-refractivity contribution >= 4 is 29.0 Å². The van der Waals surface area contributed by atoms with E-state index in [0.717, 1.165) is 4.68 Å². The number of aromatic nitrogens is 2. The lowest BCUT2D eigenvalue weighted by Crippen LogP contribution is -2.35. The molecular weight excluding hydrogens is 489 g/mol. The second kappa shape index (κ2) is 9.57. The number of carbonyl (C=O) groups is 1. The van der Waals surface area contributed by atoms with Crippen LogP contribution in [0.15, 0.2) is 42.5 Å². The maximum absolute atomic E-state index is 14.0. The minimum absolute atomic E-state index is 0.0660. The van der Waals surface area contributed by atoms with Crippen LogP contribution in [-0.2, 0) is 0 Å². The Morgan fingerprint density at radius 1 is 1.06 bits per heavy atom. The van der Waals surface area contributed by atoms with E-state index in [4.69, 9.17) is 25.8 Å². The monoisotopic (exact) mass is 510 g/mol. The zero-order valence-corrected chi connectivity index (χ0v) is 19.7. The molecule has 0 fully saturated rings. The molecule has 35 heavy (non-hydrogen) atoms. The molecule has 186 valence electrons. The Balaban J connectivity index is 1.63. The van der Waals surface area contributed by atoms with Gasteiger partial charge < -0.3 is 24.8 Å². The summed E-state index contributed by atoms with van der Waals surface area (Å²) in [5.41, 5.74) is 0.736. The summed E-state index contributed by atoms with van der Waals surface area (Å²) in [6.07, 6.45) is -4.92. The van der Waals surface area contributed by atoms with Gasteiger partial charge in [0.25, 0.3) is 5.91 Å². The molecule has 0 aliphatic carbocycles. The molecule has 0 radical (unpaired) electrons. The number of halogens is 4. The number of amides is 1. The van der Waals surface area contributed by atoms with Crippen LogP contribution in [0.2, 0.25) is 5.02 Å². The van der Waals surface area contributed by atoms with Gasteiger partial charge in [0.1, 0.15) is 11.6 Å². The van der Waals surface area contributed by atoms with Gasteiger partial charge in [0, 0.05) is 18.2 Å². The number of benzene rings is 2. The zero-order chi connectivity index (χ0) is 25.3. The molecule has 4 rings (SSSR count). The Kier molecular flexibility index (Phi) is 6.70. The number of nitrogens with zero attached hydrogens (tertiary/aromatic N) is 2. The van der Waals surface area contributed by atoms with Crippen LogP contribution in [0.1, 0.15) is 34.6 Å². The number of methoxy groups -OCH3 is 3. The predicted octanol–water partition coefficient (Wildman–Crippen LogP) is 5.47. The first kappa shape index (κ1) is 24.5. The van der Waals surface area contributed by atoms with E-state index in [1.807, 2.05) is 0 Å². The Labute approximate surface area is 203 Å². The molecule has 0 unspecified atom stereocenters. The van der Waals surface area contributed by atoms with Crippen LogP contribution < -0.4 is 24.8 Å². The normalized spacial score (nSPS) is 17.2. The summed E-state index contributed by atoms with van der Waals surface area (Å²) in [5, 5.41) is 9.87. The molecule has 1 aliphatic rings. The lowest BCUT2D eigenvalue weighted by Gasteiger charge is -2.33. The quantitative estimate of drug-likeness (QED) is 0.457. The van der Waals surface area contributed by atoms with Crippen molar-refractivity contribution in [3.05, 3.63) is 58.7 Å². The summed E-state index contributed by atoms with van der Waals surface area (Å²) in [6, 6.07) is 8.15. The third-order valence-electron chi connectivity index (χ3n) is 5.64. The van der Waals surface area contributed by atoms with E-state index in [0.29, 0.717) is 28.5 Å². The van der Waals surface area contributed by atoms with Gasteiger partial charge in [-0.05, 0) is 35.9 Å². The van der Waals surface area contributed by atoms with Crippen LogP contribution in [0.4, 0.5) is 24.7 Å². The van der Waals surface area contributed by atoms with Gasteiger partial charge in [-0.1, -0.05) is 17.7 Å². The van der Waals surface area contributed by atoms with Gasteiger partial charge in [0.2, 0.25) is 0 Å². The first-order valence-corrected chi connectivity index (χ1v) is 10.8. The van der Waals surface area contributed by atoms with Crippen molar-refractivity contribution in [2.75, 3.05) is 32.0 Å². The van der Waals surface area contributed by atoms with Gasteiger partial charge in [-0.25, -0.2) is 4.68 Å². The van der Waals surface area contributed by atoms with E-state index in [2.05, 4.69) is 15.7 Å². The van der Waals surface area contributed by atoms with Crippen molar-refractivity contribution in [3.63, 3.8) is 0 Å². The molecule has 0 bridgehead atoms. The molecule has 1 amide bonds. The Morgan fingerprint density at radius 2 is 1.74 bits per heavy atom. The predicted molar refractivity (Wildman–Crippen MR) is 124 cm³/mol. The SMILES string of the molecule is COc1ccc(NC(=O)c2cc3n(n2)[C@H](C(F)(F)F)C[C@H](c2ccc(OC)c(OC)c2)N3)cc1Cl. The molecule has 8 nitrogen and oxygen atoms in total. The molecule has 0 saturated carbocycles. The summed E-state index contributed by atoms with van der Waals surface area (Å²) in [6.45, 7) is 0. The second-order valence-corrected chi connectivity index (χ2v) is 8.17. The molecule has 0 saturated heterocycles. The first-order chi connectivity index (χ1) is 16.6. The highest BCUT2D eigenvalue weighted by Crippen LogP contribution is 2.44. The topological polar surface area (TPSA) is 86.6 Å². The average molecular weight is 511 g/mol. The molecule has 1 aromatic heterocycles. The number of alkyl halides is 3. The van der Waals surface area contributed by atoms with Crippen LogP contribution in [-0.4, -0.2) is 43.2 Å². The summed E-state index contributed by atoms with van der Waals surface area (Å²) >= 11 is 6.08. The number of hydrogen-bond acceptors (Lipinski definition) is 6. The smallest absolute Gasteiger partial charge is 0.410 e. The molecule has 2 aromatic carbocycles. The van der Waals surface area contributed by atoms with E-state index in [1.54, 1.807) is 30.3 Å². The molecule has 1 aliphatic heterocycles. The van der Waals surface area contributed by atoms with E-state index >= 15 is 0 Å². The van der Waals surface area contributed by atoms with E-state index in [-0.39, 0.29) is 23.0 Å². The Hall–Kier alpha value is -3.60. The zero-order valence-electron chi connectivity index (χ0n) is 18.9. The Bertz CT molecular complexity index is 1250. The van der Waals surface area contributed by atoms with Crippen molar-refractivity contribution in [1.29, 1.82) is 0 Å². The highest BCUT2D eigenvalue weighted by molar-refractivity contribution is 6.32. The van der Waals surface area contributed by atoms with Gasteiger partial charge in [-0.15, -0.1) is 0 Å². The molecular formula is C23H22ClF3N4O4. The average Bonchev–Trinajstić information content (AvgIpc) is 3.27. The van der Waals surface area contributed by atoms with Crippen LogP contribution in [0, 0.1) is 0 Å². The number of rotatable bonds is 6. The number of nitrogens with one attached hydrogen (secondary N) is 2. The molecule has 0 spiro atoms. The summed E-state index contributed by atoms with van der Waals surface area (Å²) in [5.74, 6) is 0.657. The van der Waals surface area contributed by atoms with Gasteiger partial charge in [-0.3, -0.25) is 4.79 Å². The van der Waals surface area contributed by atoms with E-state index < -0.39 is 24.2 Å². The van der Waals surface area contributed by atoms with E-state index in [1.165, 1.54) is 33.5 Å². The molecule has 2 atom stereocenters. The maximum Gasteiger partial charge on any atom is 0.410 e. The maximum atomic E-state index is 14.0. The van der Waals surface area contributed by atoms with Crippen molar-refractivity contribution in [2.24, 2.45) is 0 Å². The minimum atomic E-state index is -4.59. The lowest BCUT2D eigenvalue weighted by atomic mass is 9.96. The fourth-order valence-corrected chi connectivity index (χ4v) is 4.17. The fourth-order valence-electron chi connectivity index (χ4n) is 3.91. The number of hydrogen-bond donors (Lipinski definition) is 2. The third kappa shape index (κ3) is 4.95. The van der Waals surface area contributed by atoms with Crippen LogP contribution in [0.25, 0.3) is 0 Å². The Morgan fingerprint density at radius 3 is 2.37 bits per heavy atom. The highest BCUT2D eigenvalue weighted by atomic mass is 35.5. The summed E-state index contributed by atoms with van der Waals surface area (Å²) < 4.78 is 58.3. The highest BCUT2D eigenvalue weighted by Gasteiger charge is 2.47. The first-order valence-electron chi connectivity index (χ1n) is 10.4. The van der Waals surface area contributed by atoms with Crippen molar-refractivity contribution < 1.29 is 32.2 Å². The number of fused-ring (bicyclic) bond motifs is 1. The van der Waals surface area contributed by atoms with E-state index in [9.17, 15) is 18.0 Å². The van der Waals surface area contributed by atoms with Crippen molar-refractivity contribution in [3.8, 4) is 17.2 Å². The lowest BCUT2D eigenvalue weighted by molar-refractivity contribution is -0.173. The standard InChI is InChI=1S/C23H22ClF3N4O4/c1-33-17-7-5-13(9-14(17)24)28-22(32)16-11-21-29-15(10-20(23(25,26)27)31(21)30-16)12-4-6-18(34-2)19(8-12)35-3/h4-9,11,15,20,29H,10H2,1-3H3,(H,28,32)/t15-,20+/m1/s1. The van der Waals surface area contributed by atoms with Crippen molar-refractivity contribution in [1.82, 2.24) is 9.78 Å². The summed E-state index contributed by atoms with van der Waals surface area (Å²) in [4.78, 5) is 12.8.